The summed E-state index contributed by atoms with van der Waals surface area (Å²) >= 11 is 0. The topological polar surface area (TPSA) is 17.3 Å². The lowest BCUT2D eigenvalue weighted by Gasteiger charge is -2.43. The first-order chi connectivity index (χ1) is 26.8. The van der Waals surface area contributed by atoms with Crippen LogP contribution in [0.25, 0.3) is 82.2 Å². The lowest BCUT2D eigenvalue weighted by atomic mass is 9.58. The summed E-state index contributed by atoms with van der Waals surface area (Å²) in [5.74, 6) is 0. The molecule has 2 nitrogen and oxygen atoms in total. The monoisotopic (exact) mass is 684 g/mol. The third-order valence-electron chi connectivity index (χ3n) is 12.0. The van der Waals surface area contributed by atoms with Gasteiger partial charge in [0, 0.05) is 10.8 Å². The lowest BCUT2D eigenvalue weighted by molar-refractivity contribution is 0.757. The first-order valence-corrected chi connectivity index (χ1v) is 18.7. The van der Waals surface area contributed by atoms with Crippen molar-refractivity contribution in [1.82, 2.24) is 9.38 Å². The van der Waals surface area contributed by atoms with Crippen LogP contribution in [0.5, 0.6) is 0 Å². The second-order valence-corrected chi connectivity index (χ2v) is 14.6. The summed E-state index contributed by atoms with van der Waals surface area (Å²) in [5.41, 5.74) is 13.9. The van der Waals surface area contributed by atoms with E-state index in [-0.39, 0.29) is 0 Å². The molecule has 0 amide bonds. The van der Waals surface area contributed by atoms with E-state index in [9.17, 15) is 0 Å². The highest BCUT2D eigenvalue weighted by molar-refractivity contribution is 6.23. The van der Waals surface area contributed by atoms with Crippen LogP contribution in [-0.2, 0) is 5.41 Å². The summed E-state index contributed by atoms with van der Waals surface area (Å²) in [5, 5.41) is 8.68. The highest BCUT2D eigenvalue weighted by Gasteiger charge is 2.45. The van der Waals surface area contributed by atoms with E-state index in [2.05, 4.69) is 199 Å². The molecule has 2 heteroatoms. The lowest BCUT2D eigenvalue weighted by Crippen LogP contribution is -2.34. The summed E-state index contributed by atoms with van der Waals surface area (Å²) in [6.45, 7) is 0. The Hall–Kier alpha value is -7.03. The molecule has 0 unspecified atom stereocenters. The first kappa shape index (κ1) is 29.5. The second-order valence-electron chi connectivity index (χ2n) is 14.6. The Labute approximate surface area is 312 Å². The average Bonchev–Trinajstić information content (AvgIpc) is 3.65. The van der Waals surface area contributed by atoms with Crippen molar-refractivity contribution in [3.8, 4) is 22.3 Å². The number of fused-ring (bicyclic) bond motifs is 12. The maximum atomic E-state index is 5.28. The van der Waals surface area contributed by atoms with Crippen molar-refractivity contribution in [2.75, 3.05) is 0 Å². The highest BCUT2D eigenvalue weighted by Crippen LogP contribution is 2.58. The van der Waals surface area contributed by atoms with Crippen molar-refractivity contribution in [2.45, 2.75) is 5.41 Å². The Morgan fingerprint density at radius 2 is 1.02 bits per heavy atom. The molecule has 0 aliphatic heterocycles. The molecule has 0 radical (unpaired) electrons. The number of benzene rings is 9. The van der Waals surface area contributed by atoms with Gasteiger partial charge >= 0.3 is 0 Å². The zero-order valence-corrected chi connectivity index (χ0v) is 29.4. The van der Waals surface area contributed by atoms with E-state index in [0.717, 1.165) is 22.1 Å². The molecule has 9 aromatic carbocycles. The summed E-state index contributed by atoms with van der Waals surface area (Å²) < 4.78 is 2.34. The molecule has 54 heavy (non-hydrogen) atoms. The molecule has 12 rings (SSSR count). The van der Waals surface area contributed by atoms with Crippen LogP contribution in [0.4, 0.5) is 0 Å². The molecule has 0 N–H and O–H groups in total. The predicted molar refractivity (Wildman–Crippen MR) is 225 cm³/mol. The van der Waals surface area contributed by atoms with Gasteiger partial charge in [0.25, 0.3) is 0 Å². The summed E-state index contributed by atoms with van der Waals surface area (Å²) in [6.07, 6.45) is 0. The highest BCUT2D eigenvalue weighted by atomic mass is 15.0. The molecule has 2 aromatic heterocycles. The minimum absolute atomic E-state index is 0.547. The van der Waals surface area contributed by atoms with Crippen LogP contribution in [0, 0.1) is 0 Å². The Kier molecular flexibility index (Phi) is 6.01. The van der Waals surface area contributed by atoms with Crippen LogP contribution in [0.1, 0.15) is 22.3 Å². The van der Waals surface area contributed by atoms with Gasteiger partial charge in [0.2, 0.25) is 0 Å². The van der Waals surface area contributed by atoms with Gasteiger partial charge in [-0.3, -0.25) is 4.40 Å². The van der Waals surface area contributed by atoms with Crippen molar-refractivity contribution in [1.29, 1.82) is 0 Å². The molecule has 0 saturated carbocycles. The van der Waals surface area contributed by atoms with Gasteiger partial charge in [-0.2, -0.15) is 0 Å². The number of nitrogens with zero attached hydrogens (tertiary/aromatic N) is 2. The number of para-hydroxylation sites is 3. The molecule has 0 atom stereocenters. The zero-order chi connectivity index (χ0) is 35.4. The van der Waals surface area contributed by atoms with Crippen LogP contribution in [0.3, 0.4) is 0 Å². The van der Waals surface area contributed by atoms with E-state index in [4.69, 9.17) is 4.98 Å². The number of aromatic nitrogens is 2. The minimum Gasteiger partial charge on any atom is -0.292 e. The van der Waals surface area contributed by atoms with E-state index in [0.29, 0.717) is 0 Å². The average molecular weight is 685 g/mol. The van der Waals surface area contributed by atoms with Gasteiger partial charge in [-0.25, -0.2) is 4.98 Å². The van der Waals surface area contributed by atoms with Crippen molar-refractivity contribution >= 4 is 59.9 Å². The van der Waals surface area contributed by atoms with E-state index >= 15 is 0 Å². The van der Waals surface area contributed by atoms with Crippen LogP contribution in [0.2, 0.25) is 0 Å². The SMILES string of the molecule is c1ccc(C2(c3ccccc3)c3ccccc3-c3cccc4c(-c5ccc6c7ccccc7n7c8ccccc8nc7c6c5)c5ccccc5c2c34)cc1. The van der Waals surface area contributed by atoms with Crippen LogP contribution < -0.4 is 0 Å². The molecule has 0 bridgehead atoms. The van der Waals surface area contributed by atoms with E-state index < -0.39 is 5.41 Å². The fourth-order valence-electron chi connectivity index (χ4n) is 9.94. The van der Waals surface area contributed by atoms with Gasteiger partial charge < -0.3 is 0 Å². The molecular formula is C52H32N2. The maximum absolute atomic E-state index is 5.28. The third kappa shape index (κ3) is 3.76. The molecule has 1 aliphatic rings. The molecule has 2 heterocycles. The number of hydrogen-bond acceptors (Lipinski definition) is 1. The van der Waals surface area contributed by atoms with Crippen LogP contribution in [0.15, 0.2) is 194 Å². The third-order valence-corrected chi connectivity index (χ3v) is 12.0. The number of rotatable bonds is 3. The molecule has 250 valence electrons. The number of pyridine rings is 1. The fourth-order valence-corrected chi connectivity index (χ4v) is 9.94. The van der Waals surface area contributed by atoms with E-state index in [1.54, 1.807) is 0 Å². The molecule has 1 aliphatic carbocycles. The molecule has 0 spiro atoms. The van der Waals surface area contributed by atoms with Gasteiger partial charge in [0.05, 0.1) is 22.0 Å². The Bertz CT molecular complexity index is 3280. The summed E-state index contributed by atoms with van der Waals surface area (Å²) in [7, 11) is 0. The van der Waals surface area contributed by atoms with Crippen LogP contribution in [-0.4, -0.2) is 9.38 Å². The van der Waals surface area contributed by atoms with E-state index in [1.165, 1.54) is 82.3 Å². The standard InChI is InChI=1S/C52H32N2/c1-3-16-34(17-4-1)52(35-18-5-2-6-19-35)44-26-11-9-20-37(44)39-24-15-25-42-48(40-22-7-8-23-41(40)50(52)49(39)42)33-30-31-36-38-21-10-13-28-46(38)54-47-29-14-12-27-45(47)53-51(54)43(36)32-33/h1-32H. The normalized spacial score (nSPS) is 13.3. The fraction of sp³-hybridized carbons (Fsp3) is 0.0192. The van der Waals surface area contributed by atoms with Gasteiger partial charge in [0.1, 0.15) is 5.65 Å². The number of imidazole rings is 1. The predicted octanol–water partition coefficient (Wildman–Crippen LogP) is 13.1. The molecular weight excluding hydrogens is 653 g/mol. The smallest absolute Gasteiger partial charge is 0.146 e. The number of hydrogen-bond donors (Lipinski definition) is 0. The van der Waals surface area contributed by atoms with Crippen molar-refractivity contribution in [3.63, 3.8) is 0 Å². The van der Waals surface area contributed by atoms with Crippen LogP contribution >= 0.6 is 0 Å². The molecule has 0 saturated heterocycles. The van der Waals surface area contributed by atoms with E-state index in [1.807, 2.05) is 0 Å². The van der Waals surface area contributed by atoms with Crippen molar-refractivity contribution < 1.29 is 0 Å². The van der Waals surface area contributed by atoms with Gasteiger partial charge in [0.15, 0.2) is 0 Å². The van der Waals surface area contributed by atoms with Crippen molar-refractivity contribution in [3.05, 3.63) is 216 Å². The first-order valence-electron chi connectivity index (χ1n) is 18.7. The largest absolute Gasteiger partial charge is 0.292 e. The second kappa shape index (κ2) is 11.0. The van der Waals surface area contributed by atoms with Gasteiger partial charge in [-0.15, -0.1) is 0 Å². The van der Waals surface area contributed by atoms with Gasteiger partial charge in [-0.05, 0) is 95.7 Å². The zero-order valence-electron chi connectivity index (χ0n) is 29.4. The Morgan fingerprint density at radius 3 is 1.81 bits per heavy atom. The Morgan fingerprint density at radius 1 is 0.407 bits per heavy atom. The summed E-state index contributed by atoms with van der Waals surface area (Å²) in [6, 6.07) is 71.7. The quantitative estimate of drug-likeness (QED) is 0.134. The minimum atomic E-state index is -0.547. The molecule has 11 aromatic rings. The van der Waals surface area contributed by atoms with Gasteiger partial charge in [-0.1, -0.05) is 170 Å². The molecule has 0 fully saturated rings. The Balaban J connectivity index is 1.28. The van der Waals surface area contributed by atoms with Crippen molar-refractivity contribution in [2.24, 2.45) is 0 Å². The maximum Gasteiger partial charge on any atom is 0.146 e. The summed E-state index contributed by atoms with van der Waals surface area (Å²) in [4.78, 5) is 5.28.